The molecule has 162 valence electrons. The average molecular weight is 435 g/mol. The number of amides is 1. The Morgan fingerprint density at radius 2 is 1.71 bits per heavy atom. The van der Waals surface area contributed by atoms with Gasteiger partial charge in [-0.2, -0.15) is 0 Å². The lowest BCUT2D eigenvalue weighted by Crippen LogP contribution is -2.48. The Morgan fingerprint density at radius 3 is 2.39 bits per heavy atom. The molecule has 2 atom stereocenters. The highest BCUT2D eigenvalue weighted by Crippen LogP contribution is 2.30. The lowest BCUT2D eigenvalue weighted by atomic mass is 9.98. The van der Waals surface area contributed by atoms with E-state index in [-0.39, 0.29) is 5.91 Å². The molecule has 0 saturated carbocycles. The van der Waals surface area contributed by atoms with Crippen LogP contribution in [0, 0.1) is 13.8 Å². The zero-order valence-electron chi connectivity index (χ0n) is 18.7. The molecule has 0 N–H and O–H groups in total. The van der Waals surface area contributed by atoms with Crippen LogP contribution in [-0.4, -0.2) is 43.4 Å². The van der Waals surface area contributed by atoms with Gasteiger partial charge >= 0.3 is 0 Å². The number of benzene rings is 2. The SMILES string of the molecule is Cc1ccc(-n2c(SCC(=O)N3[C@H](C)CCC[C@H]3C)nnc2-c2ccccc2)cc1C. The van der Waals surface area contributed by atoms with Gasteiger partial charge in [-0.3, -0.25) is 9.36 Å². The fourth-order valence-electron chi connectivity index (χ4n) is 4.35. The maximum atomic E-state index is 13.1. The normalized spacial score (nSPS) is 18.9. The lowest BCUT2D eigenvalue weighted by molar-refractivity contribution is -0.134. The summed E-state index contributed by atoms with van der Waals surface area (Å²) in [6.45, 7) is 8.53. The summed E-state index contributed by atoms with van der Waals surface area (Å²) < 4.78 is 2.07. The van der Waals surface area contributed by atoms with Gasteiger partial charge < -0.3 is 4.90 Å². The minimum absolute atomic E-state index is 0.181. The number of aromatic nitrogens is 3. The monoisotopic (exact) mass is 434 g/mol. The molecular weight excluding hydrogens is 404 g/mol. The predicted molar refractivity (Wildman–Crippen MR) is 127 cm³/mol. The Bertz CT molecular complexity index is 1050. The maximum absolute atomic E-state index is 13.1. The van der Waals surface area contributed by atoms with Crippen molar-refractivity contribution in [3.05, 3.63) is 59.7 Å². The first-order valence-electron chi connectivity index (χ1n) is 11.0. The summed E-state index contributed by atoms with van der Waals surface area (Å²) in [5, 5.41) is 9.73. The number of hydrogen-bond donors (Lipinski definition) is 0. The highest BCUT2D eigenvalue weighted by Gasteiger charge is 2.29. The first kappa shape index (κ1) is 21.6. The van der Waals surface area contributed by atoms with E-state index in [4.69, 9.17) is 0 Å². The molecule has 1 aromatic heterocycles. The van der Waals surface area contributed by atoms with Gasteiger partial charge in [0.25, 0.3) is 0 Å². The van der Waals surface area contributed by atoms with Crippen LogP contribution in [0.1, 0.15) is 44.2 Å². The lowest BCUT2D eigenvalue weighted by Gasteiger charge is -2.39. The largest absolute Gasteiger partial charge is 0.337 e. The summed E-state index contributed by atoms with van der Waals surface area (Å²) in [6, 6.07) is 17.1. The molecule has 1 aliphatic heterocycles. The predicted octanol–water partition coefficient (Wildman–Crippen LogP) is 5.43. The molecule has 2 heterocycles. The smallest absolute Gasteiger partial charge is 0.233 e. The molecule has 0 aliphatic carbocycles. The number of hydrogen-bond acceptors (Lipinski definition) is 4. The van der Waals surface area contributed by atoms with Crippen LogP contribution in [0.25, 0.3) is 17.1 Å². The number of carbonyl (C=O) groups is 1. The van der Waals surface area contributed by atoms with Crippen LogP contribution in [0.15, 0.2) is 53.7 Å². The first-order valence-corrected chi connectivity index (χ1v) is 12.0. The Labute approximate surface area is 188 Å². The van der Waals surface area contributed by atoms with Crippen molar-refractivity contribution in [2.75, 3.05) is 5.75 Å². The van der Waals surface area contributed by atoms with Gasteiger partial charge in [-0.05, 0) is 70.2 Å². The summed E-state index contributed by atoms with van der Waals surface area (Å²) in [7, 11) is 0. The molecule has 0 bridgehead atoms. The van der Waals surface area contributed by atoms with E-state index in [2.05, 4.69) is 65.6 Å². The van der Waals surface area contributed by atoms with Crippen molar-refractivity contribution in [2.24, 2.45) is 0 Å². The van der Waals surface area contributed by atoms with E-state index in [1.165, 1.54) is 29.3 Å². The van der Waals surface area contributed by atoms with Crippen molar-refractivity contribution >= 4 is 17.7 Å². The van der Waals surface area contributed by atoms with Gasteiger partial charge in [0.05, 0.1) is 11.4 Å². The van der Waals surface area contributed by atoms with Crippen LogP contribution in [0.4, 0.5) is 0 Å². The van der Waals surface area contributed by atoms with Crippen LogP contribution in [0.3, 0.4) is 0 Å². The molecule has 0 radical (unpaired) electrons. The summed E-state index contributed by atoms with van der Waals surface area (Å²) in [4.78, 5) is 15.1. The number of likely N-dealkylation sites (tertiary alicyclic amines) is 1. The van der Waals surface area contributed by atoms with Gasteiger partial charge in [0.15, 0.2) is 11.0 Å². The molecular formula is C25H30N4OS. The van der Waals surface area contributed by atoms with Gasteiger partial charge in [-0.15, -0.1) is 10.2 Å². The molecule has 3 aromatic rings. The Morgan fingerprint density at radius 1 is 1.00 bits per heavy atom. The fraction of sp³-hybridized carbons (Fsp3) is 0.400. The van der Waals surface area contributed by atoms with Crippen LogP contribution >= 0.6 is 11.8 Å². The third kappa shape index (κ3) is 4.54. The molecule has 5 nitrogen and oxygen atoms in total. The molecule has 1 amide bonds. The van der Waals surface area contributed by atoms with Crippen molar-refractivity contribution < 1.29 is 4.79 Å². The van der Waals surface area contributed by atoms with Crippen LogP contribution in [-0.2, 0) is 4.79 Å². The van der Waals surface area contributed by atoms with Crippen LogP contribution in [0.5, 0.6) is 0 Å². The van der Waals surface area contributed by atoms with Crippen molar-refractivity contribution in [3.8, 4) is 17.1 Å². The average Bonchev–Trinajstić information content (AvgIpc) is 3.18. The number of nitrogens with zero attached hydrogens (tertiary/aromatic N) is 4. The summed E-state index contributed by atoms with van der Waals surface area (Å²) in [5.74, 6) is 1.34. The van der Waals surface area contributed by atoms with Crippen LogP contribution in [0.2, 0.25) is 0 Å². The molecule has 0 spiro atoms. The molecule has 6 heteroatoms. The van der Waals surface area contributed by atoms with E-state index >= 15 is 0 Å². The highest BCUT2D eigenvalue weighted by atomic mass is 32.2. The van der Waals surface area contributed by atoms with E-state index in [1.54, 1.807) is 0 Å². The second-order valence-electron chi connectivity index (χ2n) is 8.49. The van der Waals surface area contributed by atoms with E-state index < -0.39 is 0 Å². The van der Waals surface area contributed by atoms with Crippen molar-refractivity contribution in [1.82, 2.24) is 19.7 Å². The Balaban J connectivity index is 1.65. The number of carbonyl (C=O) groups excluding carboxylic acids is 1. The van der Waals surface area contributed by atoms with Gasteiger partial charge in [0, 0.05) is 17.6 Å². The number of thioether (sulfide) groups is 1. The summed E-state index contributed by atoms with van der Waals surface area (Å²) in [5.41, 5.74) is 4.48. The van der Waals surface area contributed by atoms with E-state index in [9.17, 15) is 4.79 Å². The van der Waals surface area contributed by atoms with Gasteiger partial charge in [-0.1, -0.05) is 48.2 Å². The second kappa shape index (κ2) is 9.27. The minimum atomic E-state index is 0.181. The van der Waals surface area contributed by atoms with Gasteiger partial charge in [0.1, 0.15) is 0 Å². The van der Waals surface area contributed by atoms with E-state index in [0.717, 1.165) is 35.1 Å². The van der Waals surface area contributed by atoms with E-state index in [1.807, 2.05) is 30.3 Å². The van der Waals surface area contributed by atoms with Crippen molar-refractivity contribution in [3.63, 3.8) is 0 Å². The second-order valence-corrected chi connectivity index (χ2v) is 9.44. The zero-order chi connectivity index (χ0) is 22.0. The number of rotatable bonds is 5. The standard InChI is InChI=1S/C25H30N4OS/c1-17-13-14-22(15-18(17)2)29-24(21-11-6-5-7-12-21)26-27-25(29)31-16-23(30)28-19(3)9-8-10-20(28)4/h5-7,11-15,19-20H,8-10,16H2,1-4H3/t19-,20-/m1/s1. The number of piperidine rings is 1. The van der Waals surface area contributed by atoms with Crippen molar-refractivity contribution in [2.45, 2.75) is 64.2 Å². The maximum Gasteiger partial charge on any atom is 0.233 e. The third-order valence-electron chi connectivity index (χ3n) is 6.22. The van der Waals surface area contributed by atoms with Gasteiger partial charge in [0.2, 0.25) is 5.91 Å². The van der Waals surface area contributed by atoms with Gasteiger partial charge in [-0.25, -0.2) is 0 Å². The van der Waals surface area contributed by atoms with Crippen LogP contribution < -0.4 is 0 Å². The molecule has 0 unspecified atom stereocenters. The topological polar surface area (TPSA) is 51.0 Å². The molecule has 1 aliphatic rings. The molecule has 2 aromatic carbocycles. The third-order valence-corrected chi connectivity index (χ3v) is 7.13. The minimum Gasteiger partial charge on any atom is -0.337 e. The Hall–Kier alpha value is -2.60. The van der Waals surface area contributed by atoms with Crippen molar-refractivity contribution in [1.29, 1.82) is 0 Å². The highest BCUT2D eigenvalue weighted by molar-refractivity contribution is 7.99. The first-order chi connectivity index (χ1) is 15.0. The molecule has 1 saturated heterocycles. The number of aryl methyl sites for hydroxylation is 2. The molecule has 4 rings (SSSR count). The molecule has 1 fully saturated rings. The zero-order valence-corrected chi connectivity index (χ0v) is 19.5. The fourth-order valence-corrected chi connectivity index (χ4v) is 5.17. The summed E-state index contributed by atoms with van der Waals surface area (Å²) in [6.07, 6.45) is 3.36. The quantitative estimate of drug-likeness (QED) is 0.502. The van der Waals surface area contributed by atoms with E-state index in [0.29, 0.717) is 17.8 Å². The molecule has 31 heavy (non-hydrogen) atoms. The summed E-state index contributed by atoms with van der Waals surface area (Å²) >= 11 is 1.47. The Kier molecular flexibility index (Phi) is 6.46.